The molecule has 142 valence electrons. The van der Waals surface area contributed by atoms with Crippen LogP contribution in [0.5, 0.6) is 0 Å². The van der Waals surface area contributed by atoms with Gasteiger partial charge >= 0.3 is 6.18 Å². The van der Waals surface area contributed by atoms with Crippen molar-refractivity contribution in [3.8, 4) is 10.4 Å². The third-order valence-electron chi connectivity index (χ3n) is 4.11. The number of nitrogens with zero attached hydrogens (tertiary/aromatic N) is 2. The molecule has 0 radical (unpaired) electrons. The Bertz CT molecular complexity index is 869. The summed E-state index contributed by atoms with van der Waals surface area (Å²) in [5.74, 6) is 0. The average Bonchev–Trinajstić information content (AvgIpc) is 3.10. The zero-order valence-corrected chi connectivity index (χ0v) is 15.9. The Balaban J connectivity index is 1.55. The zero-order valence-electron chi connectivity index (χ0n) is 15.0. The van der Waals surface area contributed by atoms with Gasteiger partial charge in [-0.15, -0.1) is 11.3 Å². The standard InChI is InChI=1S/C20H20F3N3S/c1-26(2)17-9-5-15(6-10-17)18-12-25-19(27-18)13-24-11-14-3-7-16(8-4-14)20(21,22)23/h3-10,12,24H,11,13H2,1-2H3. The van der Waals surface area contributed by atoms with Gasteiger partial charge in [-0.3, -0.25) is 0 Å². The first kappa shape index (κ1) is 19.4. The molecule has 3 rings (SSSR count). The van der Waals surface area contributed by atoms with Crippen LogP contribution in [0, 0.1) is 0 Å². The summed E-state index contributed by atoms with van der Waals surface area (Å²) in [7, 11) is 4.00. The summed E-state index contributed by atoms with van der Waals surface area (Å²) in [4.78, 5) is 7.56. The second-order valence-corrected chi connectivity index (χ2v) is 7.47. The number of hydrogen-bond donors (Lipinski definition) is 1. The van der Waals surface area contributed by atoms with Gasteiger partial charge in [0, 0.05) is 39.1 Å². The zero-order chi connectivity index (χ0) is 19.4. The summed E-state index contributed by atoms with van der Waals surface area (Å²) in [6.07, 6.45) is -2.45. The number of anilines is 1. The SMILES string of the molecule is CN(C)c1ccc(-c2cnc(CNCc3ccc(C(F)(F)F)cc3)s2)cc1. The van der Waals surface area contributed by atoms with Gasteiger partial charge < -0.3 is 10.2 Å². The minimum absolute atomic E-state index is 0.491. The molecule has 7 heteroatoms. The minimum atomic E-state index is -4.30. The number of benzene rings is 2. The molecule has 3 nitrogen and oxygen atoms in total. The molecule has 0 amide bonds. The van der Waals surface area contributed by atoms with Gasteiger partial charge in [0.2, 0.25) is 0 Å². The summed E-state index contributed by atoms with van der Waals surface area (Å²) >= 11 is 1.61. The lowest BCUT2D eigenvalue weighted by atomic mass is 10.1. The van der Waals surface area contributed by atoms with Crippen LogP contribution in [0.2, 0.25) is 0 Å². The quantitative estimate of drug-likeness (QED) is 0.627. The number of alkyl halides is 3. The number of aromatic nitrogens is 1. The second-order valence-electron chi connectivity index (χ2n) is 6.36. The van der Waals surface area contributed by atoms with Crippen LogP contribution in [-0.4, -0.2) is 19.1 Å². The molecule has 0 atom stereocenters. The molecule has 3 aromatic rings. The molecule has 0 aliphatic rings. The van der Waals surface area contributed by atoms with Crippen molar-refractivity contribution in [1.29, 1.82) is 0 Å². The van der Waals surface area contributed by atoms with Gasteiger partial charge in [0.25, 0.3) is 0 Å². The van der Waals surface area contributed by atoms with Crippen LogP contribution in [0.25, 0.3) is 10.4 Å². The summed E-state index contributed by atoms with van der Waals surface area (Å²) in [5.41, 5.74) is 2.43. The van der Waals surface area contributed by atoms with Crippen LogP contribution < -0.4 is 10.2 Å². The van der Waals surface area contributed by atoms with Gasteiger partial charge in [0.15, 0.2) is 0 Å². The van der Waals surface area contributed by atoms with Crippen LogP contribution in [0.15, 0.2) is 54.7 Å². The maximum Gasteiger partial charge on any atom is 0.416 e. The minimum Gasteiger partial charge on any atom is -0.378 e. The van der Waals surface area contributed by atoms with E-state index in [4.69, 9.17) is 0 Å². The number of halogens is 3. The van der Waals surface area contributed by atoms with Gasteiger partial charge in [-0.2, -0.15) is 13.2 Å². The van der Waals surface area contributed by atoms with Crippen molar-refractivity contribution in [1.82, 2.24) is 10.3 Å². The van der Waals surface area contributed by atoms with Gasteiger partial charge in [-0.05, 0) is 35.4 Å². The van der Waals surface area contributed by atoms with Crippen molar-refractivity contribution in [2.45, 2.75) is 19.3 Å². The highest BCUT2D eigenvalue weighted by Gasteiger charge is 2.29. The molecule has 1 N–H and O–H groups in total. The number of nitrogens with one attached hydrogen (secondary N) is 1. The van der Waals surface area contributed by atoms with Crippen LogP contribution in [-0.2, 0) is 19.3 Å². The molecular weight excluding hydrogens is 371 g/mol. The number of thiazole rings is 1. The van der Waals surface area contributed by atoms with E-state index in [1.165, 1.54) is 12.1 Å². The van der Waals surface area contributed by atoms with Crippen molar-refractivity contribution < 1.29 is 13.2 Å². The average molecular weight is 391 g/mol. The molecule has 0 aliphatic heterocycles. The highest BCUT2D eigenvalue weighted by Crippen LogP contribution is 2.29. The van der Waals surface area contributed by atoms with Crippen LogP contribution in [0.3, 0.4) is 0 Å². The van der Waals surface area contributed by atoms with E-state index in [2.05, 4.69) is 34.6 Å². The van der Waals surface area contributed by atoms with E-state index in [-0.39, 0.29) is 0 Å². The van der Waals surface area contributed by atoms with Crippen molar-refractivity contribution in [3.05, 3.63) is 70.9 Å². The first-order valence-corrected chi connectivity index (χ1v) is 9.24. The summed E-state index contributed by atoms with van der Waals surface area (Å²) in [5, 5.41) is 4.16. The van der Waals surface area contributed by atoms with E-state index < -0.39 is 11.7 Å². The lowest BCUT2D eigenvalue weighted by Crippen LogP contribution is -2.12. The lowest BCUT2D eigenvalue weighted by Gasteiger charge is -2.12. The van der Waals surface area contributed by atoms with E-state index in [9.17, 15) is 13.2 Å². The number of rotatable bonds is 6. The summed E-state index contributed by atoms with van der Waals surface area (Å²) in [6, 6.07) is 13.5. The lowest BCUT2D eigenvalue weighted by molar-refractivity contribution is -0.137. The first-order valence-electron chi connectivity index (χ1n) is 8.42. The van der Waals surface area contributed by atoms with Crippen molar-refractivity contribution in [2.75, 3.05) is 19.0 Å². The Kier molecular flexibility index (Phi) is 5.82. The third kappa shape index (κ3) is 5.08. The van der Waals surface area contributed by atoms with Crippen molar-refractivity contribution in [2.24, 2.45) is 0 Å². The van der Waals surface area contributed by atoms with Crippen molar-refractivity contribution in [3.63, 3.8) is 0 Å². The van der Waals surface area contributed by atoms with Gasteiger partial charge in [-0.25, -0.2) is 4.98 Å². The molecule has 1 aromatic heterocycles. The fourth-order valence-corrected chi connectivity index (χ4v) is 3.47. The molecule has 0 aliphatic carbocycles. The molecule has 0 bridgehead atoms. The molecule has 0 fully saturated rings. The highest BCUT2D eigenvalue weighted by atomic mass is 32.1. The fourth-order valence-electron chi connectivity index (χ4n) is 2.57. The highest BCUT2D eigenvalue weighted by molar-refractivity contribution is 7.15. The Hall–Kier alpha value is -2.38. The van der Waals surface area contributed by atoms with Crippen molar-refractivity contribution >= 4 is 17.0 Å². The second kappa shape index (κ2) is 8.10. The van der Waals surface area contributed by atoms with Crippen LogP contribution in [0.4, 0.5) is 18.9 Å². The van der Waals surface area contributed by atoms with Crippen LogP contribution in [0.1, 0.15) is 16.1 Å². The van der Waals surface area contributed by atoms with Gasteiger partial charge in [0.05, 0.1) is 10.4 Å². The number of hydrogen-bond acceptors (Lipinski definition) is 4. The molecule has 2 aromatic carbocycles. The largest absolute Gasteiger partial charge is 0.416 e. The molecule has 0 unspecified atom stereocenters. The Morgan fingerprint density at radius 3 is 2.22 bits per heavy atom. The topological polar surface area (TPSA) is 28.2 Å². The van der Waals surface area contributed by atoms with Crippen LogP contribution >= 0.6 is 11.3 Å². The third-order valence-corrected chi connectivity index (χ3v) is 5.15. The molecule has 0 saturated carbocycles. The molecule has 0 saturated heterocycles. The molecule has 1 heterocycles. The predicted octanol–water partition coefficient (Wildman–Crippen LogP) is 5.18. The van der Waals surface area contributed by atoms with E-state index >= 15 is 0 Å². The van der Waals surface area contributed by atoms with Gasteiger partial charge in [0.1, 0.15) is 5.01 Å². The molecule has 0 spiro atoms. The maximum absolute atomic E-state index is 12.6. The normalized spacial score (nSPS) is 11.6. The molecule has 27 heavy (non-hydrogen) atoms. The van der Waals surface area contributed by atoms with E-state index in [1.807, 2.05) is 25.2 Å². The maximum atomic E-state index is 12.6. The van der Waals surface area contributed by atoms with E-state index in [0.717, 1.165) is 38.8 Å². The van der Waals surface area contributed by atoms with E-state index in [0.29, 0.717) is 13.1 Å². The summed E-state index contributed by atoms with van der Waals surface area (Å²) in [6.45, 7) is 1.06. The smallest absolute Gasteiger partial charge is 0.378 e. The predicted molar refractivity (Wildman–Crippen MR) is 104 cm³/mol. The van der Waals surface area contributed by atoms with Gasteiger partial charge in [-0.1, -0.05) is 24.3 Å². The van der Waals surface area contributed by atoms with E-state index in [1.54, 1.807) is 11.3 Å². The fraction of sp³-hybridized carbons (Fsp3) is 0.250. The Morgan fingerprint density at radius 1 is 0.963 bits per heavy atom. The monoisotopic (exact) mass is 391 g/mol. The first-order chi connectivity index (χ1) is 12.8. The Labute approximate surface area is 160 Å². The Morgan fingerprint density at radius 2 is 1.63 bits per heavy atom. The summed E-state index contributed by atoms with van der Waals surface area (Å²) < 4.78 is 37.7. The molecular formula is C20H20F3N3S.